The molecule has 0 aliphatic carbocycles. The van der Waals surface area contributed by atoms with E-state index < -0.39 is 6.72 Å². The van der Waals surface area contributed by atoms with Crippen molar-refractivity contribution in [3.05, 3.63) is 0 Å². The Labute approximate surface area is 155 Å². The fourth-order valence-corrected chi connectivity index (χ4v) is 3.47. The standard InChI is InChI=1S/C16H35O3PS.Zn/c1-5-9-11-15(7-3)13-18-20(17,21)19-14-16(8-4)12-10-6-2;/h15-16H,5-14H2,1-4H3,(H,17,21);. The first kappa shape index (κ1) is 25.4. The van der Waals surface area contributed by atoms with Crippen LogP contribution in [0.15, 0.2) is 0 Å². The van der Waals surface area contributed by atoms with Gasteiger partial charge in [-0.3, -0.25) is 0 Å². The first-order valence-corrected chi connectivity index (χ1v) is 11.2. The first-order valence-electron chi connectivity index (χ1n) is 8.60. The van der Waals surface area contributed by atoms with Crippen LogP contribution in [0.25, 0.3) is 0 Å². The summed E-state index contributed by atoms with van der Waals surface area (Å²) in [7, 11) is 0. The van der Waals surface area contributed by atoms with E-state index in [1.54, 1.807) is 0 Å². The summed E-state index contributed by atoms with van der Waals surface area (Å²) >= 11 is 5.12. The van der Waals surface area contributed by atoms with Crippen molar-refractivity contribution < 1.29 is 33.4 Å². The Balaban J connectivity index is 0. The molecule has 0 radical (unpaired) electrons. The summed E-state index contributed by atoms with van der Waals surface area (Å²) < 4.78 is 11.1. The van der Waals surface area contributed by atoms with E-state index in [1.807, 2.05) is 0 Å². The summed E-state index contributed by atoms with van der Waals surface area (Å²) in [6.45, 7) is 6.68. The van der Waals surface area contributed by atoms with Crippen molar-refractivity contribution in [1.29, 1.82) is 0 Å². The van der Waals surface area contributed by atoms with Gasteiger partial charge in [-0.25, -0.2) is 0 Å². The van der Waals surface area contributed by atoms with Crippen LogP contribution >= 0.6 is 6.72 Å². The molecule has 22 heavy (non-hydrogen) atoms. The molecule has 0 bridgehead atoms. The van der Waals surface area contributed by atoms with Crippen LogP contribution in [0.4, 0.5) is 0 Å². The van der Waals surface area contributed by atoms with Gasteiger partial charge in [-0.2, -0.15) is 0 Å². The van der Waals surface area contributed by atoms with Crippen molar-refractivity contribution in [1.82, 2.24) is 0 Å². The average Bonchev–Trinajstić information content (AvgIpc) is 2.47. The van der Waals surface area contributed by atoms with Gasteiger partial charge < -0.3 is 13.9 Å². The van der Waals surface area contributed by atoms with Gasteiger partial charge in [0.05, 0.1) is 13.2 Å². The second-order valence-electron chi connectivity index (χ2n) is 5.89. The van der Waals surface area contributed by atoms with Crippen LogP contribution in [0.2, 0.25) is 0 Å². The molecule has 2 unspecified atom stereocenters. The Bertz CT molecular complexity index is 269. The van der Waals surface area contributed by atoms with Gasteiger partial charge in [0.1, 0.15) is 0 Å². The van der Waals surface area contributed by atoms with Crippen LogP contribution in [0, 0.1) is 11.8 Å². The van der Waals surface area contributed by atoms with E-state index in [0.717, 1.165) is 25.7 Å². The maximum atomic E-state index is 10.1. The molecule has 3 nitrogen and oxygen atoms in total. The van der Waals surface area contributed by atoms with Gasteiger partial charge in [0.15, 0.2) is 0 Å². The normalized spacial score (nSPS) is 16.6. The minimum atomic E-state index is -3.06. The van der Waals surface area contributed by atoms with Crippen molar-refractivity contribution in [3.63, 3.8) is 0 Å². The number of unbranched alkanes of at least 4 members (excludes halogenated alkanes) is 2. The Morgan fingerprint density at radius 1 is 0.864 bits per heavy atom. The minimum Gasteiger partial charge on any atom is -0.324 e. The molecule has 0 saturated carbocycles. The van der Waals surface area contributed by atoms with Gasteiger partial charge in [-0.05, 0) is 36.5 Å². The van der Waals surface area contributed by atoms with E-state index in [2.05, 4.69) is 27.7 Å². The molecule has 0 aromatic heterocycles. The van der Waals surface area contributed by atoms with Crippen molar-refractivity contribution in [2.45, 2.75) is 79.1 Å². The van der Waals surface area contributed by atoms with Gasteiger partial charge >= 0.3 is 6.72 Å². The third-order valence-corrected chi connectivity index (χ3v) is 5.62. The summed E-state index contributed by atoms with van der Waals surface area (Å²) in [6, 6.07) is 0. The van der Waals surface area contributed by atoms with Gasteiger partial charge in [0, 0.05) is 19.5 Å². The van der Waals surface area contributed by atoms with Crippen molar-refractivity contribution in [3.8, 4) is 0 Å². The zero-order valence-electron chi connectivity index (χ0n) is 15.1. The monoisotopic (exact) mass is 402 g/mol. The second-order valence-corrected chi connectivity index (χ2v) is 8.73. The number of hydrogen-bond donors (Lipinski definition) is 1. The maximum Gasteiger partial charge on any atom is 0.324 e. The molecule has 130 valence electrons. The third kappa shape index (κ3) is 13.6. The van der Waals surface area contributed by atoms with E-state index in [0.29, 0.717) is 25.0 Å². The van der Waals surface area contributed by atoms with Gasteiger partial charge in [0.25, 0.3) is 0 Å². The largest absolute Gasteiger partial charge is 0.324 e. The van der Waals surface area contributed by atoms with Crippen molar-refractivity contribution in [2.24, 2.45) is 11.8 Å². The molecule has 2 atom stereocenters. The van der Waals surface area contributed by atoms with Gasteiger partial charge in [-0.15, -0.1) is 0 Å². The number of hydrogen-bond acceptors (Lipinski definition) is 3. The third-order valence-electron chi connectivity index (χ3n) is 4.03. The zero-order valence-corrected chi connectivity index (χ0v) is 19.7. The first-order chi connectivity index (χ1) is 9.99. The maximum absolute atomic E-state index is 10.1. The van der Waals surface area contributed by atoms with Crippen LogP contribution < -0.4 is 0 Å². The van der Waals surface area contributed by atoms with E-state index in [-0.39, 0.29) is 19.5 Å². The SMILES string of the molecule is CCCCC(CC)COP(O)(=S)OCC(CC)CCCC.[Zn]. The summed E-state index contributed by atoms with van der Waals surface area (Å²) in [5.74, 6) is 0.954. The summed E-state index contributed by atoms with van der Waals surface area (Å²) in [5, 5.41) is 0. The predicted octanol–water partition coefficient (Wildman–Crippen LogP) is 5.67. The van der Waals surface area contributed by atoms with Crippen LogP contribution in [0.1, 0.15) is 79.1 Å². The Kier molecular flexibility index (Phi) is 18.1. The van der Waals surface area contributed by atoms with Crippen LogP contribution in [-0.4, -0.2) is 18.1 Å². The van der Waals surface area contributed by atoms with Crippen molar-refractivity contribution in [2.75, 3.05) is 13.2 Å². The van der Waals surface area contributed by atoms with Crippen molar-refractivity contribution >= 4 is 18.5 Å². The summed E-state index contributed by atoms with van der Waals surface area (Å²) in [5.41, 5.74) is 0. The average molecular weight is 404 g/mol. The Morgan fingerprint density at radius 2 is 1.23 bits per heavy atom. The van der Waals surface area contributed by atoms with Crippen LogP contribution in [0.5, 0.6) is 0 Å². The molecule has 1 N–H and O–H groups in total. The summed E-state index contributed by atoms with van der Waals surface area (Å²) in [6.07, 6.45) is 9.17. The fourth-order valence-electron chi connectivity index (χ4n) is 2.23. The molecule has 6 heteroatoms. The predicted molar refractivity (Wildman–Crippen MR) is 95.0 cm³/mol. The molecule has 0 aliphatic heterocycles. The molecule has 0 aliphatic rings. The van der Waals surface area contributed by atoms with E-state index >= 15 is 0 Å². The van der Waals surface area contributed by atoms with Gasteiger partial charge in [0.2, 0.25) is 0 Å². The summed E-state index contributed by atoms with van der Waals surface area (Å²) in [4.78, 5) is 10.1. The van der Waals surface area contributed by atoms with E-state index in [4.69, 9.17) is 20.9 Å². The molecular weight excluding hydrogens is 369 g/mol. The second kappa shape index (κ2) is 15.7. The van der Waals surface area contributed by atoms with Gasteiger partial charge in [-0.1, -0.05) is 66.2 Å². The fraction of sp³-hybridized carbons (Fsp3) is 1.00. The smallest absolute Gasteiger partial charge is 0.324 e. The molecule has 0 saturated heterocycles. The Hall–Kier alpha value is 1.15. The molecule has 0 rings (SSSR count). The molecule has 0 heterocycles. The Morgan fingerprint density at radius 3 is 1.50 bits per heavy atom. The molecule has 0 aromatic rings. The zero-order chi connectivity index (χ0) is 16.1. The molecule has 0 aromatic carbocycles. The van der Waals surface area contributed by atoms with Crippen LogP contribution in [0.3, 0.4) is 0 Å². The van der Waals surface area contributed by atoms with E-state index in [1.165, 1.54) is 25.7 Å². The molecule has 0 fully saturated rings. The minimum absolute atomic E-state index is 0. The van der Waals surface area contributed by atoms with Crippen LogP contribution in [-0.2, 0) is 40.3 Å². The molecule has 0 amide bonds. The molecule has 0 spiro atoms. The molecular formula is C16H35O3PSZn. The topological polar surface area (TPSA) is 38.7 Å². The quantitative estimate of drug-likeness (QED) is 0.300. The van der Waals surface area contributed by atoms with E-state index in [9.17, 15) is 4.89 Å². The number of rotatable bonds is 14.